The van der Waals surface area contributed by atoms with Crippen LogP contribution in [-0.4, -0.2) is 33.4 Å². The van der Waals surface area contributed by atoms with Crippen LogP contribution < -0.4 is 10.1 Å². The first kappa shape index (κ1) is 17.6. The van der Waals surface area contributed by atoms with Crippen molar-refractivity contribution >= 4 is 17.3 Å². The monoisotopic (exact) mass is 341 g/mol. The summed E-state index contributed by atoms with van der Waals surface area (Å²) in [4.78, 5) is 0. The smallest absolute Gasteiger partial charge is 0.167 e. The minimum Gasteiger partial charge on any atom is -0.486 e. The second-order valence-corrected chi connectivity index (χ2v) is 5.53. The summed E-state index contributed by atoms with van der Waals surface area (Å²) in [5.74, 6) is -0.158. The average Bonchev–Trinajstić information content (AvgIpc) is 2.91. The number of ether oxygens (including phenoxy) is 1. The molecule has 5 nitrogen and oxygen atoms in total. The highest BCUT2D eigenvalue weighted by molar-refractivity contribution is 6.18. The number of nitrogens with zero attached hydrogens (tertiary/aromatic N) is 2. The van der Waals surface area contributed by atoms with Crippen LogP contribution in [0, 0.1) is 12.7 Å². The molecule has 0 aliphatic heterocycles. The predicted molar refractivity (Wildman–Crippen MR) is 88.6 cm³/mol. The van der Waals surface area contributed by atoms with Gasteiger partial charge in [0.1, 0.15) is 6.61 Å². The first-order chi connectivity index (χ1) is 11.0. The number of anilines is 1. The summed E-state index contributed by atoms with van der Waals surface area (Å²) in [5, 5.41) is 16.6. The number of aliphatic hydroxyl groups is 1. The molecular weight excluding hydrogens is 321 g/mol. The van der Waals surface area contributed by atoms with Crippen LogP contribution in [0.2, 0.25) is 0 Å². The van der Waals surface area contributed by atoms with Crippen molar-refractivity contribution < 1.29 is 14.2 Å². The zero-order valence-electron chi connectivity index (χ0n) is 13.2. The lowest BCUT2D eigenvalue weighted by Gasteiger charge is -2.12. The highest BCUT2D eigenvalue weighted by atomic mass is 35.5. The number of aromatic nitrogens is 2. The minimum absolute atomic E-state index is 0.126. The SMILES string of the molecule is CCn1cc(COc2ccc(NCC(O)CCl)cc2F)c(C)n1. The van der Waals surface area contributed by atoms with Gasteiger partial charge in [0.15, 0.2) is 11.6 Å². The molecule has 126 valence electrons. The summed E-state index contributed by atoms with van der Waals surface area (Å²) in [5.41, 5.74) is 2.37. The van der Waals surface area contributed by atoms with Gasteiger partial charge in [-0.1, -0.05) is 0 Å². The van der Waals surface area contributed by atoms with Crippen LogP contribution in [0.3, 0.4) is 0 Å². The summed E-state index contributed by atoms with van der Waals surface area (Å²) in [7, 11) is 0. The molecule has 1 unspecified atom stereocenters. The van der Waals surface area contributed by atoms with Gasteiger partial charge in [0.25, 0.3) is 0 Å². The Labute approximate surface area is 140 Å². The van der Waals surface area contributed by atoms with Crippen molar-refractivity contribution in [1.82, 2.24) is 9.78 Å². The van der Waals surface area contributed by atoms with E-state index in [0.29, 0.717) is 5.69 Å². The Morgan fingerprint density at radius 3 is 2.87 bits per heavy atom. The van der Waals surface area contributed by atoms with Crippen LogP contribution in [0.4, 0.5) is 10.1 Å². The number of benzene rings is 1. The largest absolute Gasteiger partial charge is 0.486 e. The number of hydrogen-bond donors (Lipinski definition) is 2. The Hall–Kier alpha value is -1.79. The van der Waals surface area contributed by atoms with Gasteiger partial charge < -0.3 is 15.2 Å². The van der Waals surface area contributed by atoms with E-state index < -0.39 is 11.9 Å². The van der Waals surface area contributed by atoms with E-state index >= 15 is 0 Å². The average molecular weight is 342 g/mol. The van der Waals surface area contributed by atoms with Crippen LogP contribution in [0.1, 0.15) is 18.2 Å². The van der Waals surface area contributed by atoms with Gasteiger partial charge in [-0.25, -0.2) is 4.39 Å². The molecule has 0 aliphatic rings. The van der Waals surface area contributed by atoms with Crippen LogP contribution in [-0.2, 0) is 13.2 Å². The predicted octanol–water partition coefficient (Wildman–Crippen LogP) is 2.94. The molecule has 1 heterocycles. The Balaban J connectivity index is 1.96. The molecule has 0 saturated heterocycles. The van der Waals surface area contributed by atoms with Crippen molar-refractivity contribution in [2.75, 3.05) is 17.7 Å². The van der Waals surface area contributed by atoms with Crippen LogP contribution in [0.25, 0.3) is 0 Å². The topological polar surface area (TPSA) is 59.3 Å². The number of hydrogen-bond acceptors (Lipinski definition) is 4. The van der Waals surface area contributed by atoms with E-state index in [1.165, 1.54) is 6.07 Å². The van der Waals surface area contributed by atoms with E-state index in [9.17, 15) is 9.50 Å². The molecule has 0 saturated carbocycles. The molecule has 1 atom stereocenters. The zero-order valence-corrected chi connectivity index (χ0v) is 14.0. The quantitative estimate of drug-likeness (QED) is 0.725. The van der Waals surface area contributed by atoms with E-state index in [1.807, 2.05) is 24.7 Å². The van der Waals surface area contributed by atoms with Gasteiger partial charge in [-0.05, 0) is 26.0 Å². The maximum absolute atomic E-state index is 14.1. The lowest BCUT2D eigenvalue weighted by Crippen LogP contribution is -2.20. The van der Waals surface area contributed by atoms with E-state index in [1.54, 1.807) is 12.1 Å². The summed E-state index contributed by atoms with van der Waals surface area (Å²) in [6.07, 6.45) is 1.23. The lowest BCUT2D eigenvalue weighted by atomic mass is 10.2. The van der Waals surface area contributed by atoms with Gasteiger partial charge in [0.2, 0.25) is 0 Å². The molecule has 0 amide bonds. The summed E-state index contributed by atoms with van der Waals surface area (Å²) in [6.45, 7) is 5.21. The van der Waals surface area contributed by atoms with Crippen molar-refractivity contribution in [3.8, 4) is 5.75 Å². The highest BCUT2D eigenvalue weighted by Gasteiger charge is 2.09. The molecule has 2 aromatic rings. The second-order valence-electron chi connectivity index (χ2n) is 5.22. The van der Waals surface area contributed by atoms with Crippen molar-refractivity contribution in [1.29, 1.82) is 0 Å². The number of halogens is 2. The van der Waals surface area contributed by atoms with Crippen molar-refractivity contribution in [3.05, 3.63) is 41.5 Å². The Morgan fingerprint density at radius 2 is 2.26 bits per heavy atom. The third-order valence-corrected chi connectivity index (χ3v) is 3.76. The Morgan fingerprint density at radius 1 is 1.48 bits per heavy atom. The molecule has 2 N–H and O–H groups in total. The second kappa shape index (κ2) is 8.17. The normalized spacial score (nSPS) is 12.2. The first-order valence-electron chi connectivity index (χ1n) is 7.46. The third kappa shape index (κ3) is 4.84. The molecule has 0 bridgehead atoms. The van der Waals surface area contributed by atoms with Gasteiger partial charge in [-0.3, -0.25) is 4.68 Å². The Kier molecular flexibility index (Phi) is 6.24. The van der Waals surface area contributed by atoms with Gasteiger partial charge >= 0.3 is 0 Å². The summed E-state index contributed by atoms with van der Waals surface area (Å²) >= 11 is 5.51. The standard InChI is InChI=1S/C16H21ClFN3O2/c1-3-21-9-12(11(2)20-21)10-23-16-5-4-13(6-15(16)18)19-8-14(22)7-17/h4-6,9,14,19,22H,3,7-8,10H2,1-2H3. The highest BCUT2D eigenvalue weighted by Crippen LogP contribution is 2.22. The van der Waals surface area contributed by atoms with Crippen LogP contribution >= 0.6 is 11.6 Å². The fourth-order valence-electron chi connectivity index (χ4n) is 2.04. The molecule has 23 heavy (non-hydrogen) atoms. The van der Waals surface area contributed by atoms with Gasteiger partial charge in [-0.2, -0.15) is 5.10 Å². The van der Waals surface area contributed by atoms with Crippen molar-refractivity contribution in [2.24, 2.45) is 0 Å². The van der Waals surface area contributed by atoms with E-state index in [4.69, 9.17) is 16.3 Å². The van der Waals surface area contributed by atoms with E-state index in [2.05, 4.69) is 10.4 Å². The molecule has 0 fully saturated rings. The van der Waals surface area contributed by atoms with Crippen molar-refractivity contribution in [3.63, 3.8) is 0 Å². The first-order valence-corrected chi connectivity index (χ1v) is 8.00. The minimum atomic E-state index is -0.672. The fraction of sp³-hybridized carbons (Fsp3) is 0.438. The molecule has 1 aromatic heterocycles. The fourth-order valence-corrected chi connectivity index (χ4v) is 2.15. The Bertz CT molecular complexity index is 648. The van der Waals surface area contributed by atoms with E-state index in [0.717, 1.165) is 17.8 Å². The van der Waals surface area contributed by atoms with Crippen LogP contribution in [0.15, 0.2) is 24.4 Å². The number of rotatable bonds is 8. The lowest BCUT2D eigenvalue weighted by molar-refractivity contribution is 0.211. The van der Waals surface area contributed by atoms with Crippen molar-refractivity contribution in [2.45, 2.75) is 33.1 Å². The van der Waals surface area contributed by atoms with Gasteiger partial charge in [-0.15, -0.1) is 11.6 Å². The molecule has 1 aromatic carbocycles. The van der Waals surface area contributed by atoms with Gasteiger partial charge in [0.05, 0.1) is 17.7 Å². The summed E-state index contributed by atoms with van der Waals surface area (Å²) < 4.78 is 21.4. The molecule has 0 aliphatic carbocycles. The zero-order chi connectivity index (χ0) is 16.8. The molecular formula is C16H21ClFN3O2. The maximum atomic E-state index is 14.1. The van der Waals surface area contributed by atoms with Gasteiger partial charge in [0, 0.05) is 36.6 Å². The number of nitrogens with one attached hydrogen (secondary N) is 1. The number of aliphatic hydroxyl groups excluding tert-OH is 1. The third-order valence-electron chi connectivity index (χ3n) is 3.41. The maximum Gasteiger partial charge on any atom is 0.167 e. The number of aryl methyl sites for hydroxylation is 2. The summed E-state index contributed by atoms with van der Waals surface area (Å²) in [6, 6.07) is 4.59. The molecule has 2 rings (SSSR count). The number of alkyl halides is 1. The van der Waals surface area contributed by atoms with Crippen LogP contribution in [0.5, 0.6) is 5.75 Å². The molecule has 0 radical (unpaired) electrons. The van der Waals surface area contributed by atoms with E-state index in [-0.39, 0.29) is 24.8 Å². The molecule has 7 heteroatoms. The molecule has 0 spiro atoms.